The molecule has 0 aliphatic heterocycles. The molecule has 1 rings (SSSR count). The molecule has 18 heavy (non-hydrogen) atoms. The molecule has 1 aromatic rings. The Morgan fingerprint density at radius 2 is 2.17 bits per heavy atom. The van der Waals surface area contributed by atoms with Gasteiger partial charge in [0.1, 0.15) is 5.82 Å². The number of hydrogen-bond donors (Lipinski definition) is 2. The molecule has 0 saturated carbocycles. The largest absolute Gasteiger partial charge is 0.481 e. The number of rotatable bonds is 7. The van der Waals surface area contributed by atoms with E-state index in [0.717, 1.165) is 24.0 Å². The maximum absolute atomic E-state index is 13.0. The molecule has 100 valence electrons. The van der Waals surface area contributed by atoms with Gasteiger partial charge >= 0.3 is 5.97 Å². The number of carboxylic acid groups (broad SMARTS) is 1. The van der Waals surface area contributed by atoms with E-state index >= 15 is 0 Å². The SMILES string of the molecule is Cc1cc(F)ccc1CC(CCCCN)C(=O)O. The van der Waals surface area contributed by atoms with E-state index in [1.807, 2.05) is 0 Å². The topological polar surface area (TPSA) is 63.3 Å². The highest BCUT2D eigenvalue weighted by atomic mass is 19.1. The highest BCUT2D eigenvalue weighted by Crippen LogP contribution is 2.19. The number of aliphatic carboxylic acids is 1. The lowest BCUT2D eigenvalue weighted by Gasteiger charge is -2.13. The summed E-state index contributed by atoms with van der Waals surface area (Å²) in [6.07, 6.45) is 2.72. The van der Waals surface area contributed by atoms with Crippen molar-refractivity contribution >= 4 is 5.97 Å². The van der Waals surface area contributed by atoms with Crippen LogP contribution >= 0.6 is 0 Å². The number of benzene rings is 1. The van der Waals surface area contributed by atoms with Crippen LogP contribution in [0.3, 0.4) is 0 Å². The molecular formula is C14H20FNO2. The maximum Gasteiger partial charge on any atom is 0.306 e. The summed E-state index contributed by atoms with van der Waals surface area (Å²) in [6, 6.07) is 4.48. The summed E-state index contributed by atoms with van der Waals surface area (Å²) >= 11 is 0. The van der Waals surface area contributed by atoms with Crippen molar-refractivity contribution in [1.82, 2.24) is 0 Å². The van der Waals surface area contributed by atoms with E-state index in [9.17, 15) is 14.3 Å². The van der Waals surface area contributed by atoms with Crippen LogP contribution in [0.15, 0.2) is 18.2 Å². The monoisotopic (exact) mass is 253 g/mol. The van der Waals surface area contributed by atoms with Crippen LogP contribution in [0.25, 0.3) is 0 Å². The number of carbonyl (C=O) groups is 1. The summed E-state index contributed by atoms with van der Waals surface area (Å²) in [7, 11) is 0. The van der Waals surface area contributed by atoms with Gasteiger partial charge in [-0.2, -0.15) is 0 Å². The minimum absolute atomic E-state index is 0.286. The first-order valence-electron chi connectivity index (χ1n) is 6.22. The van der Waals surface area contributed by atoms with Gasteiger partial charge in [0.25, 0.3) is 0 Å². The van der Waals surface area contributed by atoms with Crippen molar-refractivity contribution in [3.05, 3.63) is 35.1 Å². The molecule has 1 unspecified atom stereocenters. The zero-order valence-corrected chi connectivity index (χ0v) is 10.7. The molecular weight excluding hydrogens is 233 g/mol. The van der Waals surface area contributed by atoms with Gasteiger partial charge < -0.3 is 10.8 Å². The van der Waals surface area contributed by atoms with Crippen LogP contribution in [-0.2, 0) is 11.2 Å². The van der Waals surface area contributed by atoms with Gasteiger partial charge in [0, 0.05) is 0 Å². The molecule has 3 nitrogen and oxygen atoms in total. The first-order valence-corrected chi connectivity index (χ1v) is 6.22. The number of nitrogens with two attached hydrogens (primary N) is 1. The molecule has 1 aromatic carbocycles. The van der Waals surface area contributed by atoms with Gasteiger partial charge in [-0.15, -0.1) is 0 Å². The number of unbranched alkanes of at least 4 members (excludes halogenated alkanes) is 1. The van der Waals surface area contributed by atoms with E-state index in [0.29, 0.717) is 19.4 Å². The Morgan fingerprint density at radius 1 is 1.44 bits per heavy atom. The van der Waals surface area contributed by atoms with E-state index < -0.39 is 11.9 Å². The fraction of sp³-hybridized carbons (Fsp3) is 0.500. The molecule has 0 spiro atoms. The fourth-order valence-corrected chi connectivity index (χ4v) is 2.00. The van der Waals surface area contributed by atoms with Gasteiger partial charge in [-0.25, -0.2) is 4.39 Å². The van der Waals surface area contributed by atoms with Crippen LogP contribution in [0.5, 0.6) is 0 Å². The quantitative estimate of drug-likeness (QED) is 0.734. The fourth-order valence-electron chi connectivity index (χ4n) is 2.00. The van der Waals surface area contributed by atoms with Crippen molar-refractivity contribution in [2.75, 3.05) is 6.54 Å². The van der Waals surface area contributed by atoms with Gasteiger partial charge in [0.15, 0.2) is 0 Å². The van der Waals surface area contributed by atoms with E-state index in [1.165, 1.54) is 12.1 Å². The van der Waals surface area contributed by atoms with E-state index in [1.54, 1.807) is 13.0 Å². The van der Waals surface area contributed by atoms with Gasteiger partial charge in [-0.3, -0.25) is 4.79 Å². The van der Waals surface area contributed by atoms with Gasteiger partial charge in [0.2, 0.25) is 0 Å². The molecule has 0 amide bonds. The lowest BCUT2D eigenvalue weighted by molar-refractivity contribution is -0.142. The lowest BCUT2D eigenvalue weighted by Crippen LogP contribution is -2.17. The van der Waals surface area contributed by atoms with E-state index in [2.05, 4.69) is 0 Å². The van der Waals surface area contributed by atoms with Crippen molar-refractivity contribution < 1.29 is 14.3 Å². The van der Waals surface area contributed by atoms with Crippen LogP contribution in [0.1, 0.15) is 30.4 Å². The zero-order chi connectivity index (χ0) is 13.5. The van der Waals surface area contributed by atoms with Gasteiger partial charge in [0.05, 0.1) is 5.92 Å². The second kappa shape index (κ2) is 7.11. The van der Waals surface area contributed by atoms with Crippen LogP contribution in [0, 0.1) is 18.7 Å². The van der Waals surface area contributed by atoms with Crippen LogP contribution < -0.4 is 5.73 Å². The minimum Gasteiger partial charge on any atom is -0.481 e. The van der Waals surface area contributed by atoms with Gasteiger partial charge in [-0.05, 0) is 56.0 Å². The van der Waals surface area contributed by atoms with E-state index in [-0.39, 0.29) is 5.82 Å². The third-order valence-corrected chi connectivity index (χ3v) is 3.13. The predicted octanol–water partition coefficient (Wildman–Crippen LogP) is 2.51. The summed E-state index contributed by atoms with van der Waals surface area (Å²) in [4.78, 5) is 11.2. The van der Waals surface area contributed by atoms with Crippen LogP contribution in [0.2, 0.25) is 0 Å². The highest BCUT2D eigenvalue weighted by molar-refractivity contribution is 5.70. The van der Waals surface area contributed by atoms with Crippen molar-refractivity contribution in [3.63, 3.8) is 0 Å². The molecule has 0 aliphatic rings. The molecule has 0 aliphatic carbocycles. The molecule has 0 saturated heterocycles. The van der Waals surface area contributed by atoms with Crippen LogP contribution in [-0.4, -0.2) is 17.6 Å². The summed E-state index contributed by atoms with van der Waals surface area (Å²) in [5.74, 6) is -1.50. The predicted molar refractivity (Wildman–Crippen MR) is 68.9 cm³/mol. The normalized spacial score (nSPS) is 12.4. The summed E-state index contributed by atoms with van der Waals surface area (Å²) < 4.78 is 13.0. The number of hydrogen-bond acceptors (Lipinski definition) is 2. The van der Waals surface area contributed by atoms with Crippen molar-refractivity contribution in [2.24, 2.45) is 11.7 Å². The molecule has 1 atom stereocenters. The second-order valence-electron chi connectivity index (χ2n) is 4.59. The zero-order valence-electron chi connectivity index (χ0n) is 10.7. The molecule has 0 fully saturated rings. The Hall–Kier alpha value is -1.42. The van der Waals surface area contributed by atoms with Gasteiger partial charge in [-0.1, -0.05) is 12.5 Å². The number of aryl methyl sites for hydroxylation is 1. The first kappa shape index (κ1) is 14.6. The molecule has 0 radical (unpaired) electrons. The summed E-state index contributed by atoms with van der Waals surface area (Å²) in [5.41, 5.74) is 7.10. The van der Waals surface area contributed by atoms with Crippen molar-refractivity contribution in [2.45, 2.75) is 32.6 Å². The molecule has 0 heterocycles. The number of halogens is 1. The Bertz CT molecular complexity index is 407. The third-order valence-electron chi connectivity index (χ3n) is 3.13. The highest BCUT2D eigenvalue weighted by Gasteiger charge is 2.18. The first-order chi connectivity index (χ1) is 8.54. The van der Waals surface area contributed by atoms with Crippen molar-refractivity contribution in [1.29, 1.82) is 0 Å². The Morgan fingerprint density at radius 3 is 2.72 bits per heavy atom. The van der Waals surface area contributed by atoms with E-state index in [4.69, 9.17) is 5.73 Å². The lowest BCUT2D eigenvalue weighted by atomic mass is 9.92. The van der Waals surface area contributed by atoms with Crippen LogP contribution in [0.4, 0.5) is 4.39 Å². The molecule has 4 heteroatoms. The average Bonchev–Trinajstić information content (AvgIpc) is 2.30. The standard InChI is InChI=1S/C14H20FNO2/c1-10-8-13(15)6-5-11(10)9-12(14(17)18)4-2-3-7-16/h5-6,8,12H,2-4,7,9,16H2,1H3,(H,17,18). The summed E-state index contributed by atoms with van der Waals surface area (Å²) in [5, 5.41) is 9.17. The molecule has 3 N–H and O–H groups in total. The number of carboxylic acids is 1. The third kappa shape index (κ3) is 4.45. The molecule has 0 aromatic heterocycles. The Kier molecular flexibility index (Phi) is 5.78. The minimum atomic E-state index is -0.796. The Balaban J connectivity index is 2.67. The Labute approximate surface area is 107 Å². The second-order valence-corrected chi connectivity index (χ2v) is 4.59. The maximum atomic E-state index is 13.0. The average molecular weight is 253 g/mol. The molecule has 0 bridgehead atoms. The van der Waals surface area contributed by atoms with Crippen molar-refractivity contribution in [3.8, 4) is 0 Å². The smallest absolute Gasteiger partial charge is 0.306 e. The summed E-state index contributed by atoms with van der Waals surface area (Å²) in [6.45, 7) is 2.39.